The third-order valence-corrected chi connectivity index (χ3v) is 7.81. The van der Waals surface area contributed by atoms with Crippen molar-refractivity contribution < 1.29 is 19.2 Å². The molecule has 1 aliphatic rings. The maximum Gasteiger partial charge on any atom is 0.311 e. The monoisotopic (exact) mass is 685 g/mol. The molecule has 1 saturated carbocycles. The summed E-state index contributed by atoms with van der Waals surface area (Å²) in [4.78, 5) is 28.5. The molecular formula is C33H34Cl3N5O5. The number of nitro groups is 1. The molecule has 4 rings (SSSR count). The number of pyridine rings is 1. The molecule has 1 fully saturated rings. The highest BCUT2D eigenvalue weighted by Crippen LogP contribution is 2.60. The number of carbonyl (C=O) groups is 1. The Balaban J connectivity index is 0.000000277. The number of benzene rings is 2. The molecule has 2 unspecified atom stereocenters. The highest BCUT2D eigenvalue weighted by atomic mass is 35.5. The predicted molar refractivity (Wildman–Crippen MR) is 177 cm³/mol. The van der Waals surface area contributed by atoms with Gasteiger partial charge in [-0.2, -0.15) is 5.26 Å². The van der Waals surface area contributed by atoms with Crippen molar-refractivity contribution in [1.29, 1.82) is 5.26 Å². The average molecular weight is 687 g/mol. The zero-order valence-corrected chi connectivity index (χ0v) is 28.0. The Bertz CT molecular complexity index is 1590. The Morgan fingerprint density at radius 3 is 2.43 bits per heavy atom. The van der Waals surface area contributed by atoms with E-state index in [2.05, 4.69) is 10.3 Å². The van der Waals surface area contributed by atoms with Crippen LogP contribution >= 0.6 is 34.8 Å². The van der Waals surface area contributed by atoms with Gasteiger partial charge in [0.2, 0.25) is 6.10 Å². The van der Waals surface area contributed by atoms with E-state index >= 15 is 0 Å². The summed E-state index contributed by atoms with van der Waals surface area (Å²) in [5.74, 6) is 0.745. The lowest BCUT2D eigenvalue weighted by Crippen LogP contribution is -2.30. The summed E-state index contributed by atoms with van der Waals surface area (Å²) in [7, 11) is 1.65. The largest absolute Gasteiger partial charge is 0.457 e. The van der Waals surface area contributed by atoms with Crippen LogP contribution in [0.2, 0.25) is 5.15 Å². The number of nitriles is 1. The van der Waals surface area contributed by atoms with Crippen molar-refractivity contribution in [3.05, 3.63) is 122 Å². The first-order chi connectivity index (χ1) is 21.9. The standard InChI is InChI=1S/C22H19Cl2NO3.C11H15ClN4O2/c1-22(2)17(12-19(23)24)20(22)21(26)28-18(13-25)14-7-6-10-16(11-14)27-15-8-4-3-5-9-15;1-3-15(11(13-2)8-16(17)18)7-9-4-5-10(12)14-6-9/h3-12,17-18,20H,1-2H3;4-6,8,13H,3,7H2,1-2H3/b;11-8+/t17?,18-,20?;/m1./s1. The first-order valence-corrected chi connectivity index (χ1v) is 15.4. The smallest absolute Gasteiger partial charge is 0.311 e. The van der Waals surface area contributed by atoms with Crippen molar-refractivity contribution in [2.24, 2.45) is 17.3 Å². The van der Waals surface area contributed by atoms with Gasteiger partial charge in [0.25, 0.3) is 6.20 Å². The van der Waals surface area contributed by atoms with Gasteiger partial charge < -0.3 is 19.7 Å². The fourth-order valence-corrected chi connectivity index (χ4v) is 5.17. The van der Waals surface area contributed by atoms with Gasteiger partial charge in [0.15, 0.2) is 5.82 Å². The number of rotatable bonds is 12. The number of esters is 1. The number of nitrogens with one attached hydrogen (secondary N) is 1. The Morgan fingerprint density at radius 1 is 1.17 bits per heavy atom. The van der Waals surface area contributed by atoms with Crippen molar-refractivity contribution in [3.63, 3.8) is 0 Å². The van der Waals surface area contributed by atoms with E-state index in [1.807, 2.05) is 68.1 Å². The lowest BCUT2D eigenvalue weighted by Gasteiger charge is -2.23. The number of ether oxygens (including phenoxy) is 2. The SMILES string of the molecule is CC1(C)C(C=C(Cl)Cl)C1C(=O)O[C@H](C#N)c1cccc(Oc2ccccc2)c1.CCN(Cc1ccc(Cl)nc1)/C(=C/[N+](=O)[O-])NC. The van der Waals surface area contributed by atoms with E-state index in [1.165, 1.54) is 0 Å². The van der Waals surface area contributed by atoms with Crippen molar-refractivity contribution in [1.82, 2.24) is 15.2 Å². The number of nitrogens with zero attached hydrogens (tertiary/aromatic N) is 4. The van der Waals surface area contributed by atoms with E-state index in [0.717, 1.165) is 11.8 Å². The maximum absolute atomic E-state index is 12.6. The summed E-state index contributed by atoms with van der Waals surface area (Å²) in [6, 6.07) is 21.8. The zero-order chi connectivity index (χ0) is 33.9. The molecule has 1 heterocycles. The van der Waals surface area contributed by atoms with Crippen molar-refractivity contribution in [2.75, 3.05) is 13.6 Å². The van der Waals surface area contributed by atoms with Crippen LogP contribution in [0.3, 0.4) is 0 Å². The molecule has 3 aromatic rings. The van der Waals surface area contributed by atoms with Gasteiger partial charge in [0.1, 0.15) is 27.2 Å². The van der Waals surface area contributed by atoms with Crippen LogP contribution in [0.5, 0.6) is 11.5 Å². The summed E-state index contributed by atoms with van der Waals surface area (Å²) in [6.07, 6.45) is 3.22. The van der Waals surface area contributed by atoms with Crippen LogP contribution in [0.25, 0.3) is 0 Å². The summed E-state index contributed by atoms with van der Waals surface area (Å²) >= 11 is 17.2. The average Bonchev–Trinajstić information content (AvgIpc) is 3.57. The molecule has 0 bridgehead atoms. The lowest BCUT2D eigenvalue weighted by atomic mass is 10.1. The summed E-state index contributed by atoms with van der Waals surface area (Å²) in [6.45, 7) is 6.97. The number of hydrogen-bond acceptors (Lipinski definition) is 9. The third-order valence-electron chi connectivity index (χ3n) is 7.33. The normalized spacial score (nSPS) is 16.8. The first-order valence-electron chi connectivity index (χ1n) is 14.2. The van der Waals surface area contributed by atoms with Gasteiger partial charge in [-0.05, 0) is 60.2 Å². The zero-order valence-electron chi connectivity index (χ0n) is 25.7. The Labute approximate surface area is 283 Å². The molecule has 1 aliphatic carbocycles. The molecule has 0 spiro atoms. The van der Waals surface area contributed by atoms with Crippen LogP contribution in [0.1, 0.15) is 38.0 Å². The second-order valence-electron chi connectivity index (χ2n) is 10.8. The van der Waals surface area contributed by atoms with Crippen LogP contribution in [-0.4, -0.2) is 34.4 Å². The van der Waals surface area contributed by atoms with Crippen molar-refractivity contribution >= 4 is 40.8 Å². The van der Waals surface area contributed by atoms with Crippen LogP contribution < -0.4 is 10.1 Å². The number of halogens is 3. The number of aromatic nitrogens is 1. The first kappa shape index (κ1) is 36.2. The summed E-state index contributed by atoms with van der Waals surface area (Å²) in [5, 5.41) is 23.3. The summed E-state index contributed by atoms with van der Waals surface area (Å²) in [5.41, 5.74) is 1.17. The van der Waals surface area contributed by atoms with Crippen LogP contribution in [0.4, 0.5) is 0 Å². The van der Waals surface area contributed by atoms with E-state index in [4.69, 9.17) is 44.3 Å². The molecule has 46 heavy (non-hydrogen) atoms. The number of para-hydroxylation sites is 1. The minimum absolute atomic E-state index is 0.114. The third kappa shape index (κ3) is 10.4. The van der Waals surface area contributed by atoms with Crippen molar-refractivity contribution in [3.8, 4) is 17.6 Å². The number of allylic oxidation sites excluding steroid dienone is 1. The molecule has 1 aromatic heterocycles. The topological polar surface area (TPSA) is 131 Å². The predicted octanol–water partition coefficient (Wildman–Crippen LogP) is 8.03. The minimum atomic E-state index is -1.03. The Hall–Kier alpha value is -4.30. The molecule has 0 radical (unpaired) electrons. The van der Waals surface area contributed by atoms with Crippen LogP contribution in [0, 0.1) is 38.7 Å². The second-order valence-corrected chi connectivity index (χ2v) is 12.2. The fourth-order valence-electron chi connectivity index (χ4n) is 4.79. The highest BCUT2D eigenvalue weighted by Gasteiger charge is 2.62. The van der Waals surface area contributed by atoms with Gasteiger partial charge in [-0.15, -0.1) is 0 Å². The van der Waals surface area contributed by atoms with E-state index in [0.29, 0.717) is 41.1 Å². The van der Waals surface area contributed by atoms with Gasteiger partial charge >= 0.3 is 5.97 Å². The van der Waals surface area contributed by atoms with Gasteiger partial charge in [0, 0.05) is 31.9 Å². The lowest BCUT2D eigenvalue weighted by molar-refractivity contribution is -0.404. The van der Waals surface area contributed by atoms with Gasteiger partial charge in [0.05, 0.1) is 10.8 Å². The van der Waals surface area contributed by atoms with E-state index < -0.39 is 17.0 Å². The molecule has 0 amide bonds. The van der Waals surface area contributed by atoms with Gasteiger partial charge in [-0.3, -0.25) is 14.9 Å². The van der Waals surface area contributed by atoms with E-state index in [1.54, 1.807) is 49.7 Å². The minimum Gasteiger partial charge on any atom is -0.457 e. The number of carbonyl (C=O) groups excluding carboxylic acids is 1. The molecular weight excluding hydrogens is 653 g/mol. The molecule has 2 aromatic carbocycles. The van der Waals surface area contributed by atoms with Crippen LogP contribution in [0.15, 0.2) is 95.5 Å². The Kier molecular flexibility index (Phi) is 13.2. The molecule has 13 heteroatoms. The molecule has 242 valence electrons. The van der Waals surface area contributed by atoms with E-state index in [9.17, 15) is 20.2 Å². The molecule has 10 nitrogen and oxygen atoms in total. The van der Waals surface area contributed by atoms with Gasteiger partial charge in [-0.25, -0.2) is 4.98 Å². The molecule has 1 N–H and O–H groups in total. The molecule has 0 saturated heterocycles. The molecule has 3 atom stereocenters. The van der Waals surface area contributed by atoms with E-state index in [-0.39, 0.29) is 21.7 Å². The summed E-state index contributed by atoms with van der Waals surface area (Å²) < 4.78 is 11.4. The van der Waals surface area contributed by atoms with Crippen molar-refractivity contribution in [2.45, 2.75) is 33.4 Å². The Morgan fingerprint density at radius 2 is 1.87 bits per heavy atom. The molecule has 0 aliphatic heterocycles. The number of hydrogen-bond donors (Lipinski definition) is 1. The fraction of sp³-hybridized carbons (Fsp3) is 0.303. The van der Waals surface area contributed by atoms with Gasteiger partial charge in [-0.1, -0.05) is 85.0 Å². The van der Waals surface area contributed by atoms with Crippen LogP contribution in [-0.2, 0) is 16.1 Å². The highest BCUT2D eigenvalue weighted by molar-refractivity contribution is 6.55. The quantitative estimate of drug-likeness (QED) is 0.0871. The second kappa shape index (κ2) is 16.9. The maximum atomic E-state index is 12.6.